The van der Waals surface area contributed by atoms with Crippen LogP contribution in [0.3, 0.4) is 0 Å². The van der Waals surface area contributed by atoms with Gasteiger partial charge in [0.1, 0.15) is 18.5 Å². The SMILES string of the molecule is O=C(CCCCCn1sc(OCl)cc1=O)OCc1ccccc1. The molecular weight excluding hydrogens is 338 g/mol. The largest absolute Gasteiger partial charge is 0.461 e. The van der Waals surface area contributed by atoms with Crippen molar-refractivity contribution in [1.82, 2.24) is 3.96 Å². The molecule has 0 saturated carbocycles. The van der Waals surface area contributed by atoms with Crippen LogP contribution in [-0.2, 0) is 22.7 Å². The highest BCUT2D eigenvalue weighted by Crippen LogP contribution is 2.17. The van der Waals surface area contributed by atoms with Crippen molar-refractivity contribution in [1.29, 1.82) is 0 Å². The molecule has 0 atom stereocenters. The molecule has 1 heterocycles. The highest BCUT2D eigenvalue weighted by atomic mass is 35.5. The first-order valence-corrected chi connectivity index (χ1v) is 8.46. The van der Waals surface area contributed by atoms with Crippen LogP contribution in [-0.4, -0.2) is 9.93 Å². The average Bonchev–Trinajstić information content (AvgIpc) is 2.94. The van der Waals surface area contributed by atoms with E-state index in [1.165, 1.54) is 17.6 Å². The van der Waals surface area contributed by atoms with Crippen molar-refractivity contribution in [2.24, 2.45) is 0 Å². The maximum absolute atomic E-state index is 11.6. The van der Waals surface area contributed by atoms with Gasteiger partial charge < -0.3 is 9.03 Å². The molecule has 7 heteroatoms. The maximum Gasteiger partial charge on any atom is 0.306 e. The summed E-state index contributed by atoms with van der Waals surface area (Å²) in [6, 6.07) is 11.0. The zero-order valence-electron chi connectivity index (χ0n) is 12.6. The smallest absolute Gasteiger partial charge is 0.306 e. The van der Waals surface area contributed by atoms with E-state index in [9.17, 15) is 9.59 Å². The number of carbonyl (C=O) groups is 1. The van der Waals surface area contributed by atoms with Gasteiger partial charge in [0.25, 0.3) is 5.56 Å². The van der Waals surface area contributed by atoms with Crippen LogP contribution in [0.15, 0.2) is 41.2 Å². The predicted octanol–water partition coefficient (Wildman–Crippen LogP) is 3.75. The number of halogens is 1. The predicted molar refractivity (Wildman–Crippen MR) is 89.8 cm³/mol. The minimum Gasteiger partial charge on any atom is -0.461 e. The third-order valence-electron chi connectivity index (χ3n) is 3.25. The average molecular weight is 356 g/mol. The normalized spacial score (nSPS) is 10.5. The van der Waals surface area contributed by atoms with Crippen LogP contribution >= 0.6 is 23.4 Å². The van der Waals surface area contributed by atoms with Crippen LogP contribution in [0.2, 0.25) is 0 Å². The molecular formula is C16H18ClNO4S. The number of aryl methyl sites for hydroxylation is 1. The number of hydrogen-bond acceptors (Lipinski definition) is 5. The van der Waals surface area contributed by atoms with Gasteiger partial charge in [-0.05, 0) is 29.9 Å². The molecule has 23 heavy (non-hydrogen) atoms. The molecule has 0 fully saturated rings. The fourth-order valence-electron chi connectivity index (χ4n) is 2.06. The number of ether oxygens (including phenoxy) is 1. The van der Waals surface area contributed by atoms with Crippen molar-refractivity contribution >= 4 is 29.4 Å². The lowest BCUT2D eigenvalue weighted by Crippen LogP contribution is -2.11. The molecule has 0 aliphatic rings. The molecule has 1 aromatic heterocycles. The van der Waals surface area contributed by atoms with Crippen molar-refractivity contribution in [3.8, 4) is 5.06 Å². The van der Waals surface area contributed by atoms with E-state index < -0.39 is 0 Å². The zero-order chi connectivity index (χ0) is 16.5. The molecule has 124 valence electrons. The minimum atomic E-state index is -0.194. The Balaban J connectivity index is 1.59. The van der Waals surface area contributed by atoms with E-state index in [-0.39, 0.29) is 11.5 Å². The number of aromatic nitrogens is 1. The van der Waals surface area contributed by atoms with Crippen LogP contribution in [0.4, 0.5) is 0 Å². The Labute approximate surface area is 143 Å². The van der Waals surface area contributed by atoms with E-state index >= 15 is 0 Å². The number of rotatable bonds is 9. The van der Waals surface area contributed by atoms with Crippen molar-refractivity contribution in [2.75, 3.05) is 0 Å². The summed E-state index contributed by atoms with van der Waals surface area (Å²) in [6.45, 7) is 0.911. The Bertz CT molecular complexity index is 668. The lowest BCUT2D eigenvalue weighted by Gasteiger charge is -2.05. The van der Waals surface area contributed by atoms with Crippen molar-refractivity contribution in [2.45, 2.75) is 38.8 Å². The second kappa shape index (κ2) is 9.37. The monoisotopic (exact) mass is 355 g/mol. The second-order valence-corrected chi connectivity index (χ2v) is 6.21. The summed E-state index contributed by atoms with van der Waals surface area (Å²) >= 11 is 6.40. The van der Waals surface area contributed by atoms with E-state index in [4.69, 9.17) is 16.6 Å². The number of esters is 1. The third kappa shape index (κ3) is 6.08. The van der Waals surface area contributed by atoms with Crippen LogP contribution in [0.5, 0.6) is 5.06 Å². The minimum absolute atomic E-state index is 0.118. The van der Waals surface area contributed by atoms with Gasteiger partial charge >= 0.3 is 5.97 Å². The molecule has 0 bridgehead atoms. The fraction of sp³-hybridized carbons (Fsp3) is 0.375. The van der Waals surface area contributed by atoms with Crippen LogP contribution in [0.25, 0.3) is 0 Å². The molecule has 1 aromatic carbocycles. The number of benzene rings is 1. The lowest BCUT2D eigenvalue weighted by molar-refractivity contribution is -0.145. The van der Waals surface area contributed by atoms with Crippen LogP contribution in [0, 0.1) is 0 Å². The molecule has 0 aliphatic heterocycles. The van der Waals surface area contributed by atoms with Gasteiger partial charge in [-0.15, -0.1) is 0 Å². The molecule has 0 unspecified atom stereocenters. The summed E-state index contributed by atoms with van der Waals surface area (Å²) in [5.41, 5.74) is 0.864. The first kappa shape index (κ1) is 17.6. The van der Waals surface area contributed by atoms with Gasteiger partial charge in [0.15, 0.2) is 0 Å². The summed E-state index contributed by atoms with van der Waals surface area (Å²) in [7, 11) is 0. The first-order valence-electron chi connectivity index (χ1n) is 7.38. The highest BCUT2D eigenvalue weighted by Gasteiger charge is 2.06. The number of hydrogen-bond donors (Lipinski definition) is 0. The standard InChI is InChI=1S/C16H18ClNO4S/c17-22-16-11-14(19)18(23-16)10-6-2-5-9-15(20)21-12-13-7-3-1-4-8-13/h1,3-4,7-8,11H,2,5-6,9-10,12H2. The maximum atomic E-state index is 11.6. The van der Waals surface area contributed by atoms with Gasteiger partial charge in [-0.3, -0.25) is 13.5 Å². The molecule has 0 amide bonds. The van der Waals surface area contributed by atoms with Crippen molar-refractivity contribution in [3.05, 3.63) is 52.3 Å². The summed E-state index contributed by atoms with van der Waals surface area (Å²) in [4.78, 5) is 23.2. The third-order valence-corrected chi connectivity index (χ3v) is 4.47. The molecule has 0 N–H and O–H groups in total. The molecule has 0 radical (unpaired) electrons. The lowest BCUT2D eigenvalue weighted by atomic mass is 10.2. The van der Waals surface area contributed by atoms with E-state index in [2.05, 4.69) is 4.29 Å². The van der Waals surface area contributed by atoms with E-state index in [0.717, 1.165) is 24.8 Å². The molecule has 2 rings (SSSR count). The van der Waals surface area contributed by atoms with Gasteiger partial charge in [-0.25, -0.2) is 0 Å². The molecule has 0 saturated heterocycles. The van der Waals surface area contributed by atoms with Gasteiger partial charge in [-0.1, -0.05) is 36.8 Å². The summed E-state index contributed by atoms with van der Waals surface area (Å²) in [5.74, 6) is -0.194. The Hall–Kier alpha value is -1.79. The van der Waals surface area contributed by atoms with Gasteiger partial charge in [-0.2, -0.15) is 0 Å². The quantitative estimate of drug-likeness (QED) is 0.508. The van der Waals surface area contributed by atoms with E-state index in [1.54, 1.807) is 3.96 Å². The molecule has 2 aromatic rings. The number of unbranched alkanes of at least 4 members (excludes halogenated alkanes) is 2. The van der Waals surface area contributed by atoms with Gasteiger partial charge in [0.2, 0.25) is 5.06 Å². The first-order chi connectivity index (χ1) is 11.2. The van der Waals surface area contributed by atoms with E-state index in [0.29, 0.717) is 24.6 Å². The topological polar surface area (TPSA) is 57.5 Å². The Morgan fingerprint density at radius 1 is 1.17 bits per heavy atom. The molecule has 5 nitrogen and oxygen atoms in total. The Morgan fingerprint density at radius 3 is 2.65 bits per heavy atom. The molecule has 0 spiro atoms. The van der Waals surface area contributed by atoms with Crippen molar-refractivity contribution < 1.29 is 13.8 Å². The van der Waals surface area contributed by atoms with E-state index in [1.807, 2.05) is 30.3 Å². The second-order valence-electron chi connectivity index (χ2n) is 5.03. The zero-order valence-corrected chi connectivity index (χ0v) is 14.1. The molecule has 0 aliphatic carbocycles. The van der Waals surface area contributed by atoms with Crippen molar-refractivity contribution in [3.63, 3.8) is 0 Å². The van der Waals surface area contributed by atoms with Crippen LogP contribution in [0.1, 0.15) is 31.2 Å². The van der Waals surface area contributed by atoms with Gasteiger partial charge in [0.05, 0.1) is 6.07 Å². The number of nitrogens with zero attached hydrogens (tertiary/aromatic N) is 1. The van der Waals surface area contributed by atoms with Gasteiger partial charge in [0, 0.05) is 13.0 Å². The number of carbonyl (C=O) groups excluding carboxylic acids is 1. The summed E-state index contributed by atoms with van der Waals surface area (Å²) < 4.78 is 11.3. The Morgan fingerprint density at radius 2 is 1.96 bits per heavy atom. The highest BCUT2D eigenvalue weighted by molar-refractivity contribution is 7.08. The summed E-state index contributed by atoms with van der Waals surface area (Å²) in [5, 5.41) is 0.390. The Kier molecular flexibility index (Phi) is 7.16. The summed E-state index contributed by atoms with van der Waals surface area (Å²) in [6.07, 6.45) is 2.80. The fourth-order valence-corrected chi connectivity index (χ4v) is 2.95. The van der Waals surface area contributed by atoms with Crippen LogP contribution < -0.4 is 9.85 Å².